The molecule has 2 nitrogen and oxygen atoms in total. The topological polar surface area (TPSA) is 18.5 Å². The zero-order valence-electron chi connectivity index (χ0n) is 8.84. The predicted molar refractivity (Wildman–Crippen MR) is 59.0 cm³/mol. The highest BCUT2D eigenvalue weighted by Crippen LogP contribution is 2.10. The number of hydrogen-bond acceptors (Lipinski definition) is 2. The van der Waals surface area contributed by atoms with Crippen LogP contribution >= 0.6 is 11.6 Å². The van der Waals surface area contributed by atoms with E-state index < -0.39 is 0 Å². The molecule has 0 bridgehead atoms. The number of unbranched alkanes of at least 4 members (excludes halogenated alkanes) is 3. The maximum absolute atomic E-state index is 5.71. The van der Waals surface area contributed by atoms with Gasteiger partial charge in [0.1, 0.15) is 0 Å². The molecule has 84 valence electrons. The minimum atomic E-state index is 0.358. The molecule has 1 unspecified atom stereocenters. The van der Waals surface area contributed by atoms with E-state index in [-0.39, 0.29) is 0 Å². The molecule has 0 aromatic carbocycles. The van der Waals surface area contributed by atoms with Crippen molar-refractivity contribution in [3.8, 4) is 0 Å². The van der Waals surface area contributed by atoms with E-state index in [1.807, 2.05) is 0 Å². The van der Waals surface area contributed by atoms with Crippen LogP contribution < -0.4 is 0 Å². The smallest absolute Gasteiger partial charge is 0.0809 e. The number of hydrogen-bond donors (Lipinski definition) is 0. The Labute approximate surface area is 91.9 Å². The zero-order valence-corrected chi connectivity index (χ0v) is 9.60. The Morgan fingerprint density at radius 3 is 2.79 bits per heavy atom. The van der Waals surface area contributed by atoms with Gasteiger partial charge in [0, 0.05) is 19.1 Å². The first-order valence-electron chi connectivity index (χ1n) is 5.69. The van der Waals surface area contributed by atoms with Gasteiger partial charge in [-0.2, -0.15) is 0 Å². The van der Waals surface area contributed by atoms with Gasteiger partial charge < -0.3 is 9.47 Å². The average Bonchev–Trinajstić information content (AvgIpc) is 2.25. The molecule has 1 heterocycles. The molecule has 0 amide bonds. The van der Waals surface area contributed by atoms with E-state index in [0.717, 1.165) is 45.0 Å². The largest absolute Gasteiger partial charge is 0.379 e. The first kappa shape index (κ1) is 12.3. The zero-order chi connectivity index (χ0) is 10.1. The van der Waals surface area contributed by atoms with Gasteiger partial charge in [-0.25, -0.2) is 0 Å². The van der Waals surface area contributed by atoms with Crippen molar-refractivity contribution < 1.29 is 9.47 Å². The molecule has 14 heavy (non-hydrogen) atoms. The van der Waals surface area contributed by atoms with Crippen LogP contribution in [0.2, 0.25) is 0 Å². The van der Waals surface area contributed by atoms with Crippen LogP contribution in [-0.2, 0) is 9.47 Å². The molecule has 1 rings (SSSR count). The van der Waals surface area contributed by atoms with Crippen LogP contribution in [0, 0.1) is 0 Å². The molecule has 0 aromatic heterocycles. The van der Waals surface area contributed by atoms with Crippen LogP contribution in [-0.4, -0.2) is 31.8 Å². The second-order valence-corrected chi connectivity index (χ2v) is 4.19. The highest BCUT2D eigenvalue weighted by Gasteiger charge is 2.13. The first-order valence-corrected chi connectivity index (χ1v) is 6.22. The van der Waals surface area contributed by atoms with Gasteiger partial charge in [0.15, 0.2) is 0 Å². The summed E-state index contributed by atoms with van der Waals surface area (Å²) >= 11 is 5.59. The van der Waals surface area contributed by atoms with E-state index in [1.165, 1.54) is 19.3 Å². The summed E-state index contributed by atoms with van der Waals surface area (Å²) in [6.45, 7) is 2.59. The van der Waals surface area contributed by atoms with Crippen LogP contribution in [0.15, 0.2) is 0 Å². The fourth-order valence-corrected chi connectivity index (χ4v) is 1.83. The molecule has 0 spiro atoms. The molecule has 0 N–H and O–H groups in total. The van der Waals surface area contributed by atoms with Gasteiger partial charge >= 0.3 is 0 Å². The summed E-state index contributed by atoms with van der Waals surface area (Å²) in [6, 6.07) is 0. The van der Waals surface area contributed by atoms with Gasteiger partial charge in [0.05, 0.1) is 12.7 Å². The minimum Gasteiger partial charge on any atom is -0.379 e. The SMILES string of the molecule is ClCCCCCCOC1CCCOC1. The molecule has 1 aliphatic heterocycles. The van der Waals surface area contributed by atoms with E-state index in [1.54, 1.807) is 0 Å². The Morgan fingerprint density at radius 2 is 2.07 bits per heavy atom. The van der Waals surface area contributed by atoms with Gasteiger partial charge in [-0.15, -0.1) is 11.6 Å². The standard InChI is InChI=1S/C11H21ClO2/c12-7-3-1-2-4-9-14-11-6-5-8-13-10-11/h11H,1-10H2. The Morgan fingerprint density at radius 1 is 1.21 bits per heavy atom. The Balaban J connectivity index is 1.82. The van der Waals surface area contributed by atoms with E-state index in [4.69, 9.17) is 21.1 Å². The second kappa shape index (κ2) is 8.51. The molecule has 1 saturated heterocycles. The molecule has 1 aliphatic rings. The summed E-state index contributed by atoms with van der Waals surface area (Å²) in [6.07, 6.45) is 7.44. The summed E-state index contributed by atoms with van der Waals surface area (Å²) in [5, 5.41) is 0. The third-order valence-electron chi connectivity index (χ3n) is 2.50. The van der Waals surface area contributed by atoms with Crippen LogP contribution in [0.1, 0.15) is 38.5 Å². The van der Waals surface area contributed by atoms with Crippen molar-refractivity contribution in [3.05, 3.63) is 0 Å². The van der Waals surface area contributed by atoms with Crippen LogP contribution in [0.25, 0.3) is 0 Å². The third-order valence-corrected chi connectivity index (χ3v) is 2.77. The van der Waals surface area contributed by atoms with Crippen LogP contribution in [0.4, 0.5) is 0 Å². The van der Waals surface area contributed by atoms with Crippen molar-refractivity contribution >= 4 is 11.6 Å². The fourth-order valence-electron chi connectivity index (χ4n) is 1.64. The molecule has 0 radical (unpaired) electrons. The Hall–Kier alpha value is 0.210. The van der Waals surface area contributed by atoms with Crippen molar-refractivity contribution in [2.24, 2.45) is 0 Å². The van der Waals surface area contributed by atoms with Crippen molar-refractivity contribution in [1.82, 2.24) is 0 Å². The molecule has 0 aromatic rings. The highest BCUT2D eigenvalue weighted by atomic mass is 35.5. The quantitative estimate of drug-likeness (QED) is 0.485. The summed E-state index contributed by atoms with van der Waals surface area (Å²) in [7, 11) is 0. The van der Waals surface area contributed by atoms with E-state index >= 15 is 0 Å². The lowest BCUT2D eigenvalue weighted by Gasteiger charge is -2.22. The fraction of sp³-hybridized carbons (Fsp3) is 1.00. The molecule has 3 heteroatoms. The molecule has 0 aliphatic carbocycles. The van der Waals surface area contributed by atoms with E-state index in [9.17, 15) is 0 Å². The van der Waals surface area contributed by atoms with E-state index in [0.29, 0.717) is 6.10 Å². The summed E-state index contributed by atoms with van der Waals surface area (Å²) in [4.78, 5) is 0. The highest BCUT2D eigenvalue weighted by molar-refractivity contribution is 6.17. The number of rotatable bonds is 7. The summed E-state index contributed by atoms with van der Waals surface area (Å²) < 4.78 is 11.0. The van der Waals surface area contributed by atoms with Crippen molar-refractivity contribution in [3.63, 3.8) is 0 Å². The average molecular weight is 221 g/mol. The maximum Gasteiger partial charge on any atom is 0.0809 e. The normalized spacial score (nSPS) is 22.5. The lowest BCUT2D eigenvalue weighted by molar-refractivity contribution is -0.0507. The number of halogens is 1. The van der Waals surface area contributed by atoms with E-state index in [2.05, 4.69) is 0 Å². The molecule has 1 atom stereocenters. The molecular formula is C11H21ClO2. The van der Waals surface area contributed by atoms with Crippen LogP contribution in [0.5, 0.6) is 0 Å². The van der Waals surface area contributed by atoms with Crippen molar-refractivity contribution in [2.75, 3.05) is 25.7 Å². The van der Waals surface area contributed by atoms with Crippen molar-refractivity contribution in [2.45, 2.75) is 44.6 Å². The summed E-state index contributed by atoms with van der Waals surface area (Å²) in [5.74, 6) is 0.789. The van der Waals surface area contributed by atoms with Gasteiger partial charge in [-0.1, -0.05) is 12.8 Å². The lowest BCUT2D eigenvalue weighted by atomic mass is 10.2. The van der Waals surface area contributed by atoms with Crippen molar-refractivity contribution in [1.29, 1.82) is 0 Å². The predicted octanol–water partition coefficient (Wildman–Crippen LogP) is 2.98. The Kier molecular flexibility index (Phi) is 7.47. The first-order chi connectivity index (χ1) is 6.93. The minimum absolute atomic E-state index is 0.358. The van der Waals surface area contributed by atoms with Gasteiger partial charge in [0.25, 0.3) is 0 Å². The van der Waals surface area contributed by atoms with Gasteiger partial charge in [-0.05, 0) is 25.7 Å². The Bertz CT molecular complexity index is 124. The molecular weight excluding hydrogens is 200 g/mol. The monoisotopic (exact) mass is 220 g/mol. The molecule has 0 saturated carbocycles. The number of ether oxygens (including phenoxy) is 2. The van der Waals surface area contributed by atoms with Gasteiger partial charge in [0.2, 0.25) is 0 Å². The van der Waals surface area contributed by atoms with Crippen LogP contribution in [0.3, 0.4) is 0 Å². The molecule has 1 fully saturated rings. The number of alkyl halides is 1. The second-order valence-electron chi connectivity index (χ2n) is 3.81. The third kappa shape index (κ3) is 5.84. The lowest BCUT2D eigenvalue weighted by Crippen LogP contribution is -2.25. The summed E-state index contributed by atoms with van der Waals surface area (Å²) in [5.41, 5.74) is 0. The van der Waals surface area contributed by atoms with Gasteiger partial charge in [-0.3, -0.25) is 0 Å². The maximum atomic E-state index is 5.71.